The Morgan fingerprint density at radius 2 is 2.00 bits per heavy atom. The Morgan fingerprint density at radius 1 is 1.24 bits per heavy atom. The maximum atomic E-state index is 12.4. The Hall–Kier alpha value is -2.64. The molecule has 4 nitrogen and oxygen atoms in total. The number of aliphatic hydroxyl groups excluding tert-OH is 1. The van der Waals surface area contributed by atoms with E-state index in [0.29, 0.717) is 16.9 Å². The van der Waals surface area contributed by atoms with Crippen LogP contribution in [-0.2, 0) is 0 Å². The van der Waals surface area contributed by atoms with Gasteiger partial charge in [-0.15, -0.1) is 0 Å². The van der Waals surface area contributed by atoms with E-state index in [-0.39, 0.29) is 12.5 Å². The quantitative estimate of drug-likeness (QED) is 0.830. The molecule has 0 aliphatic heterocycles. The largest absolute Gasteiger partial charge is 0.384 e. The summed E-state index contributed by atoms with van der Waals surface area (Å²) in [5, 5.41) is 11.5. The zero-order valence-corrected chi connectivity index (χ0v) is 12.0. The van der Waals surface area contributed by atoms with Gasteiger partial charge in [0.15, 0.2) is 0 Å². The number of aromatic nitrogens is 1. The summed E-state index contributed by atoms with van der Waals surface area (Å²) in [6.45, 7) is 3.60. The summed E-state index contributed by atoms with van der Waals surface area (Å²) in [6.07, 6.45) is 1.69. The van der Waals surface area contributed by atoms with E-state index < -0.39 is 0 Å². The van der Waals surface area contributed by atoms with Crippen LogP contribution in [0.15, 0.2) is 36.5 Å². The molecule has 0 bridgehead atoms. The highest BCUT2D eigenvalue weighted by atomic mass is 16.2. The molecule has 0 aliphatic rings. The van der Waals surface area contributed by atoms with Crippen LogP contribution in [0.3, 0.4) is 0 Å². The average molecular weight is 280 g/mol. The van der Waals surface area contributed by atoms with E-state index in [2.05, 4.69) is 22.1 Å². The van der Waals surface area contributed by atoms with Gasteiger partial charge in [-0.2, -0.15) is 0 Å². The van der Waals surface area contributed by atoms with Gasteiger partial charge in [-0.1, -0.05) is 29.5 Å². The maximum absolute atomic E-state index is 12.4. The second-order valence-corrected chi connectivity index (χ2v) is 4.68. The first-order valence-electron chi connectivity index (χ1n) is 6.54. The fourth-order valence-electron chi connectivity index (χ4n) is 1.82. The van der Waals surface area contributed by atoms with Crippen LogP contribution in [0.5, 0.6) is 0 Å². The summed E-state index contributed by atoms with van der Waals surface area (Å²) in [5.41, 5.74) is 3.04. The highest BCUT2D eigenvalue weighted by Gasteiger charge is 2.11. The number of nitrogens with one attached hydrogen (secondary N) is 1. The number of aliphatic hydroxyl groups is 1. The lowest BCUT2D eigenvalue weighted by molar-refractivity contribution is 0.102. The van der Waals surface area contributed by atoms with Crippen molar-refractivity contribution >= 4 is 11.7 Å². The SMILES string of the molecule is Cc1ccc(NC(=O)c2cc(C)ccc2C#CCO)nc1. The van der Waals surface area contributed by atoms with Crippen molar-refractivity contribution in [3.63, 3.8) is 0 Å². The summed E-state index contributed by atoms with van der Waals surface area (Å²) in [4.78, 5) is 16.5. The van der Waals surface area contributed by atoms with E-state index in [1.165, 1.54) is 0 Å². The normalized spacial score (nSPS) is 9.67. The van der Waals surface area contributed by atoms with Gasteiger partial charge < -0.3 is 10.4 Å². The van der Waals surface area contributed by atoms with E-state index in [4.69, 9.17) is 5.11 Å². The predicted octanol–water partition coefficient (Wildman–Crippen LogP) is 2.29. The van der Waals surface area contributed by atoms with Crippen molar-refractivity contribution in [2.75, 3.05) is 11.9 Å². The van der Waals surface area contributed by atoms with E-state index in [0.717, 1.165) is 11.1 Å². The van der Waals surface area contributed by atoms with E-state index >= 15 is 0 Å². The number of hydrogen-bond donors (Lipinski definition) is 2. The number of rotatable bonds is 2. The molecular weight excluding hydrogens is 264 g/mol. The van der Waals surface area contributed by atoms with Gasteiger partial charge in [-0.05, 0) is 37.6 Å². The lowest BCUT2D eigenvalue weighted by Crippen LogP contribution is -2.14. The number of anilines is 1. The van der Waals surface area contributed by atoms with Gasteiger partial charge in [0.1, 0.15) is 12.4 Å². The van der Waals surface area contributed by atoms with Gasteiger partial charge >= 0.3 is 0 Å². The Morgan fingerprint density at radius 3 is 2.67 bits per heavy atom. The van der Waals surface area contributed by atoms with Gasteiger partial charge in [-0.25, -0.2) is 4.98 Å². The Labute approximate surface area is 123 Å². The van der Waals surface area contributed by atoms with Crippen LogP contribution in [0, 0.1) is 25.7 Å². The fraction of sp³-hybridized carbons (Fsp3) is 0.176. The molecule has 0 aliphatic carbocycles. The molecule has 0 fully saturated rings. The van der Waals surface area contributed by atoms with Crippen LogP contribution >= 0.6 is 0 Å². The molecule has 1 aromatic carbocycles. The number of hydrogen-bond acceptors (Lipinski definition) is 3. The third-order valence-electron chi connectivity index (χ3n) is 2.87. The van der Waals surface area contributed by atoms with Crippen LogP contribution in [0.4, 0.5) is 5.82 Å². The minimum absolute atomic E-state index is 0.242. The van der Waals surface area contributed by atoms with E-state index in [1.807, 2.05) is 26.0 Å². The van der Waals surface area contributed by atoms with E-state index in [9.17, 15) is 4.79 Å². The van der Waals surface area contributed by atoms with Crippen molar-refractivity contribution < 1.29 is 9.90 Å². The van der Waals surface area contributed by atoms with Gasteiger partial charge in [0, 0.05) is 11.8 Å². The molecule has 4 heteroatoms. The van der Waals surface area contributed by atoms with Crippen LogP contribution in [0.1, 0.15) is 27.0 Å². The molecule has 0 atom stereocenters. The number of pyridine rings is 1. The molecule has 0 saturated heterocycles. The average Bonchev–Trinajstić information content (AvgIpc) is 2.48. The summed E-state index contributed by atoms with van der Waals surface area (Å²) in [5.74, 6) is 5.57. The van der Waals surface area contributed by atoms with Crippen LogP contribution in [-0.4, -0.2) is 22.6 Å². The first kappa shape index (κ1) is 14.8. The molecular formula is C17H16N2O2. The standard InChI is InChI=1S/C17H16N2O2/c1-12-5-7-14(4-3-9-20)15(10-12)17(21)19-16-8-6-13(2)11-18-16/h5-8,10-11,20H,9H2,1-2H3,(H,18,19,21). The number of carbonyl (C=O) groups is 1. The van der Waals surface area contributed by atoms with Crippen molar-refractivity contribution in [1.82, 2.24) is 4.98 Å². The molecule has 0 spiro atoms. The molecule has 2 N–H and O–H groups in total. The Bertz CT molecular complexity index is 710. The minimum Gasteiger partial charge on any atom is -0.384 e. The number of carbonyl (C=O) groups excluding carboxylic acids is 1. The third kappa shape index (κ3) is 3.91. The molecule has 1 aromatic heterocycles. The van der Waals surface area contributed by atoms with Gasteiger partial charge in [0.25, 0.3) is 5.91 Å². The maximum Gasteiger partial charge on any atom is 0.258 e. The second kappa shape index (κ2) is 6.69. The fourth-order valence-corrected chi connectivity index (χ4v) is 1.82. The van der Waals surface area contributed by atoms with Crippen molar-refractivity contribution in [2.45, 2.75) is 13.8 Å². The smallest absolute Gasteiger partial charge is 0.258 e. The molecule has 21 heavy (non-hydrogen) atoms. The lowest BCUT2D eigenvalue weighted by atomic mass is 10.0. The number of nitrogens with zero attached hydrogens (tertiary/aromatic N) is 1. The molecule has 2 aromatic rings. The minimum atomic E-state index is -0.266. The topological polar surface area (TPSA) is 62.2 Å². The molecule has 1 amide bonds. The van der Waals surface area contributed by atoms with Crippen LogP contribution < -0.4 is 5.32 Å². The number of benzene rings is 1. The Kier molecular flexibility index (Phi) is 4.70. The summed E-state index contributed by atoms with van der Waals surface area (Å²) in [6, 6.07) is 9.05. The Balaban J connectivity index is 2.29. The molecule has 106 valence electrons. The van der Waals surface area contributed by atoms with Crippen LogP contribution in [0.2, 0.25) is 0 Å². The molecule has 0 unspecified atom stereocenters. The molecule has 1 heterocycles. The van der Waals surface area contributed by atoms with Crippen LogP contribution in [0.25, 0.3) is 0 Å². The lowest BCUT2D eigenvalue weighted by Gasteiger charge is -2.07. The number of aryl methyl sites for hydroxylation is 2. The van der Waals surface area contributed by atoms with Gasteiger partial charge in [0.05, 0.1) is 5.56 Å². The van der Waals surface area contributed by atoms with Crippen molar-refractivity contribution in [3.8, 4) is 11.8 Å². The monoisotopic (exact) mass is 280 g/mol. The highest BCUT2D eigenvalue weighted by molar-refractivity contribution is 6.05. The van der Waals surface area contributed by atoms with E-state index in [1.54, 1.807) is 24.4 Å². The molecule has 0 saturated carbocycles. The first-order valence-corrected chi connectivity index (χ1v) is 6.54. The van der Waals surface area contributed by atoms with Crippen molar-refractivity contribution in [1.29, 1.82) is 0 Å². The zero-order valence-electron chi connectivity index (χ0n) is 12.0. The molecule has 0 radical (unpaired) electrons. The summed E-state index contributed by atoms with van der Waals surface area (Å²) in [7, 11) is 0. The zero-order chi connectivity index (χ0) is 15.2. The second-order valence-electron chi connectivity index (χ2n) is 4.68. The first-order chi connectivity index (χ1) is 10.1. The van der Waals surface area contributed by atoms with Gasteiger partial charge in [-0.3, -0.25) is 4.79 Å². The highest BCUT2D eigenvalue weighted by Crippen LogP contribution is 2.13. The summed E-state index contributed by atoms with van der Waals surface area (Å²) >= 11 is 0. The predicted molar refractivity (Wildman–Crippen MR) is 82.1 cm³/mol. The van der Waals surface area contributed by atoms with Crippen molar-refractivity contribution in [3.05, 3.63) is 58.8 Å². The third-order valence-corrected chi connectivity index (χ3v) is 2.87. The van der Waals surface area contributed by atoms with Gasteiger partial charge in [0.2, 0.25) is 0 Å². The van der Waals surface area contributed by atoms with Crippen molar-refractivity contribution in [2.24, 2.45) is 0 Å². The summed E-state index contributed by atoms with van der Waals surface area (Å²) < 4.78 is 0. The molecule has 2 rings (SSSR count). The number of amides is 1.